The maximum atomic E-state index is 11.9. The summed E-state index contributed by atoms with van der Waals surface area (Å²) in [5, 5.41) is 5.07. The monoisotopic (exact) mass is 342 g/mol. The van der Waals surface area contributed by atoms with E-state index in [4.69, 9.17) is 23.2 Å². The van der Waals surface area contributed by atoms with Crippen molar-refractivity contribution in [1.82, 2.24) is 5.32 Å². The summed E-state index contributed by atoms with van der Waals surface area (Å²) in [6, 6.07) is 4.41. The number of rotatable bonds is 5. The number of amides is 2. The zero-order valence-electron chi connectivity index (χ0n) is 10.6. The van der Waals surface area contributed by atoms with E-state index in [2.05, 4.69) is 10.6 Å². The van der Waals surface area contributed by atoms with Gasteiger partial charge in [0.05, 0.1) is 23.7 Å². The number of benzene rings is 1. The molecule has 0 saturated carbocycles. The Kier molecular flexibility index (Phi) is 6.29. The van der Waals surface area contributed by atoms with E-state index in [1.807, 2.05) is 0 Å². The number of hydrogen-bond acceptors (Lipinski definition) is 2. The smallest absolute Gasteiger partial charge is 0.347 e. The Hall–Kier alpha value is -1.47. The lowest BCUT2D eigenvalue weighted by Crippen LogP contribution is -2.33. The maximum Gasteiger partial charge on any atom is 0.389 e. The fourth-order valence-corrected chi connectivity index (χ4v) is 1.65. The fraction of sp³-hybridized carbons (Fsp3) is 0.333. The Balaban J connectivity index is 2.41. The van der Waals surface area contributed by atoms with E-state index in [1.54, 1.807) is 0 Å². The van der Waals surface area contributed by atoms with Crippen molar-refractivity contribution >= 4 is 40.7 Å². The standard InChI is InChI=1S/C12H11Cl2F3N2O2/c13-7-1-2-8(14)9(5-7)19-11(21)6-18-10(20)3-4-12(15,16)17/h1-2,5H,3-4,6H2,(H,18,20)(H,19,21). The van der Waals surface area contributed by atoms with Crippen LogP contribution in [0, 0.1) is 0 Å². The quantitative estimate of drug-likeness (QED) is 0.861. The van der Waals surface area contributed by atoms with E-state index in [9.17, 15) is 22.8 Å². The molecule has 116 valence electrons. The molecule has 0 aliphatic rings. The van der Waals surface area contributed by atoms with Crippen molar-refractivity contribution in [3.05, 3.63) is 28.2 Å². The van der Waals surface area contributed by atoms with E-state index in [-0.39, 0.29) is 10.7 Å². The average Bonchev–Trinajstić information content (AvgIpc) is 2.37. The molecule has 0 radical (unpaired) electrons. The Morgan fingerprint density at radius 2 is 1.81 bits per heavy atom. The molecule has 0 aliphatic carbocycles. The van der Waals surface area contributed by atoms with Crippen LogP contribution in [-0.2, 0) is 9.59 Å². The third kappa shape index (κ3) is 7.19. The SMILES string of the molecule is O=C(CCC(F)(F)F)NCC(=O)Nc1cc(Cl)ccc1Cl. The summed E-state index contributed by atoms with van der Waals surface area (Å²) in [6.45, 7) is -0.459. The van der Waals surface area contributed by atoms with Crippen molar-refractivity contribution in [2.45, 2.75) is 19.0 Å². The van der Waals surface area contributed by atoms with Gasteiger partial charge in [-0.15, -0.1) is 0 Å². The van der Waals surface area contributed by atoms with Gasteiger partial charge in [0.15, 0.2) is 0 Å². The molecule has 21 heavy (non-hydrogen) atoms. The highest BCUT2D eigenvalue weighted by atomic mass is 35.5. The van der Waals surface area contributed by atoms with Crippen molar-refractivity contribution in [2.75, 3.05) is 11.9 Å². The lowest BCUT2D eigenvalue weighted by atomic mass is 10.3. The average molecular weight is 343 g/mol. The number of hydrogen-bond donors (Lipinski definition) is 2. The summed E-state index contributed by atoms with van der Waals surface area (Å²) in [6.07, 6.45) is -6.37. The third-order valence-corrected chi connectivity index (χ3v) is 2.85. The highest BCUT2D eigenvalue weighted by Gasteiger charge is 2.27. The Morgan fingerprint density at radius 1 is 1.14 bits per heavy atom. The molecular formula is C12H11Cl2F3N2O2. The first-order valence-electron chi connectivity index (χ1n) is 5.76. The van der Waals surface area contributed by atoms with Gasteiger partial charge in [-0.1, -0.05) is 23.2 Å². The van der Waals surface area contributed by atoms with Crippen LogP contribution in [-0.4, -0.2) is 24.5 Å². The molecule has 0 unspecified atom stereocenters. The lowest BCUT2D eigenvalue weighted by Gasteiger charge is -2.09. The first-order chi connectivity index (χ1) is 9.67. The predicted octanol–water partition coefficient (Wildman–Crippen LogP) is 3.39. The summed E-state index contributed by atoms with van der Waals surface area (Å²) in [7, 11) is 0. The number of carbonyl (C=O) groups is 2. The Morgan fingerprint density at radius 3 is 2.43 bits per heavy atom. The van der Waals surface area contributed by atoms with Gasteiger partial charge in [-0.2, -0.15) is 13.2 Å². The van der Waals surface area contributed by atoms with Gasteiger partial charge in [0.1, 0.15) is 0 Å². The maximum absolute atomic E-state index is 11.9. The zero-order valence-corrected chi connectivity index (χ0v) is 12.1. The van der Waals surface area contributed by atoms with Gasteiger partial charge in [-0.05, 0) is 18.2 Å². The minimum absolute atomic E-state index is 0.246. The minimum Gasteiger partial charge on any atom is -0.347 e. The molecular weight excluding hydrogens is 332 g/mol. The van der Waals surface area contributed by atoms with Crippen LogP contribution in [0.15, 0.2) is 18.2 Å². The second-order valence-electron chi connectivity index (χ2n) is 4.06. The van der Waals surface area contributed by atoms with Crippen LogP contribution in [0.3, 0.4) is 0 Å². The number of alkyl halides is 3. The van der Waals surface area contributed by atoms with Crippen LogP contribution < -0.4 is 10.6 Å². The van der Waals surface area contributed by atoms with Crippen molar-refractivity contribution in [3.8, 4) is 0 Å². The molecule has 0 spiro atoms. The van der Waals surface area contributed by atoms with Gasteiger partial charge >= 0.3 is 6.18 Å². The van der Waals surface area contributed by atoms with Gasteiger partial charge < -0.3 is 10.6 Å². The molecule has 2 N–H and O–H groups in total. The molecule has 0 heterocycles. The summed E-state index contributed by atoms with van der Waals surface area (Å²) < 4.78 is 35.7. The van der Waals surface area contributed by atoms with E-state index in [0.29, 0.717) is 5.02 Å². The Labute approximate surface area is 128 Å². The highest BCUT2D eigenvalue weighted by molar-refractivity contribution is 6.35. The Bertz CT molecular complexity index is 536. The van der Waals surface area contributed by atoms with Crippen LogP contribution in [0.4, 0.5) is 18.9 Å². The van der Waals surface area contributed by atoms with Gasteiger partial charge in [0.25, 0.3) is 0 Å². The second-order valence-corrected chi connectivity index (χ2v) is 4.91. The number of anilines is 1. The van der Waals surface area contributed by atoms with Gasteiger partial charge in [0, 0.05) is 11.4 Å². The van der Waals surface area contributed by atoms with Gasteiger partial charge in [-0.25, -0.2) is 0 Å². The lowest BCUT2D eigenvalue weighted by molar-refractivity contribution is -0.144. The van der Waals surface area contributed by atoms with Crippen LogP contribution in [0.1, 0.15) is 12.8 Å². The molecule has 9 heteroatoms. The van der Waals surface area contributed by atoms with Crippen LogP contribution >= 0.6 is 23.2 Å². The molecule has 1 rings (SSSR count). The summed E-state index contributed by atoms with van der Waals surface area (Å²) >= 11 is 11.5. The topological polar surface area (TPSA) is 58.2 Å². The molecule has 2 amide bonds. The molecule has 0 bridgehead atoms. The molecule has 4 nitrogen and oxygen atoms in total. The van der Waals surface area contributed by atoms with E-state index >= 15 is 0 Å². The molecule has 0 aromatic heterocycles. The number of carbonyl (C=O) groups excluding carboxylic acids is 2. The summed E-state index contributed by atoms with van der Waals surface area (Å²) in [5.74, 6) is -1.49. The molecule has 1 aromatic carbocycles. The molecule has 0 fully saturated rings. The number of halogens is 5. The van der Waals surface area contributed by atoms with E-state index in [1.165, 1.54) is 18.2 Å². The van der Waals surface area contributed by atoms with Crippen LogP contribution in [0.25, 0.3) is 0 Å². The van der Waals surface area contributed by atoms with Crippen LogP contribution in [0.2, 0.25) is 10.0 Å². The number of nitrogens with one attached hydrogen (secondary N) is 2. The molecule has 1 aromatic rings. The van der Waals surface area contributed by atoms with Gasteiger partial charge in [-0.3, -0.25) is 9.59 Å². The van der Waals surface area contributed by atoms with E-state index in [0.717, 1.165) is 0 Å². The van der Waals surface area contributed by atoms with E-state index < -0.39 is 37.4 Å². The molecule has 0 aliphatic heterocycles. The van der Waals surface area contributed by atoms with Crippen LogP contribution in [0.5, 0.6) is 0 Å². The van der Waals surface area contributed by atoms with Crippen molar-refractivity contribution in [3.63, 3.8) is 0 Å². The largest absolute Gasteiger partial charge is 0.389 e. The van der Waals surface area contributed by atoms with Crippen molar-refractivity contribution in [1.29, 1.82) is 0 Å². The zero-order chi connectivity index (χ0) is 16.0. The fourth-order valence-electron chi connectivity index (χ4n) is 1.31. The van der Waals surface area contributed by atoms with Crippen molar-refractivity contribution in [2.24, 2.45) is 0 Å². The summed E-state index contributed by atoms with van der Waals surface area (Å²) in [4.78, 5) is 22.7. The third-order valence-electron chi connectivity index (χ3n) is 2.28. The predicted molar refractivity (Wildman–Crippen MR) is 73.4 cm³/mol. The van der Waals surface area contributed by atoms with Crippen molar-refractivity contribution < 1.29 is 22.8 Å². The minimum atomic E-state index is -4.41. The summed E-state index contributed by atoms with van der Waals surface area (Å²) in [5.41, 5.74) is 0.249. The first-order valence-corrected chi connectivity index (χ1v) is 6.51. The van der Waals surface area contributed by atoms with Gasteiger partial charge in [0.2, 0.25) is 11.8 Å². The molecule has 0 atom stereocenters. The first kappa shape index (κ1) is 17.6. The second kappa shape index (κ2) is 7.51. The molecule has 0 saturated heterocycles. The normalized spacial score (nSPS) is 11.1. The highest BCUT2D eigenvalue weighted by Crippen LogP contribution is 2.25.